The summed E-state index contributed by atoms with van der Waals surface area (Å²) >= 11 is 3.34. The third kappa shape index (κ3) is 3.04. The van der Waals surface area contributed by atoms with Crippen LogP contribution in [-0.4, -0.2) is 26.1 Å². The average Bonchev–Trinajstić information content (AvgIpc) is 2.78. The van der Waals surface area contributed by atoms with E-state index in [2.05, 4.69) is 26.2 Å². The molecule has 0 bridgehead atoms. The predicted octanol–water partition coefficient (Wildman–Crippen LogP) is 2.88. The van der Waals surface area contributed by atoms with E-state index < -0.39 is 5.97 Å². The minimum absolute atomic E-state index is 0.0422. The maximum atomic E-state index is 13.3. The van der Waals surface area contributed by atoms with E-state index in [0.717, 1.165) is 10.9 Å². The first-order valence-corrected chi connectivity index (χ1v) is 6.91. The van der Waals surface area contributed by atoms with Crippen LogP contribution in [-0.2, 0) is 13.0 Å². The summed E-state index contributed by atoms with van der Waals surface area (Å²) in [5.74, 6) is -1.45. The molecule has 0 saturated carbocycles. The first kappa shape index (κ1) is 14.6. The van der Waals surface area contributed by atoms with Crippen molar-refractivity contribution in [1.29, 1.82) is 0 Å². The van der Waals surface area contributed by atoms with E-state index in [-0.39, 0.29) is 18.1 Å². The summed E-state index contributed by atoms with van der Waals surface area (Å²) < 4.78 is 15.5. The number of rotatable bonds is 5. The lowest BCUT2D eigenvalue weighted by molar-refractivity contribution is 0.0689. The Kier molecular flexibility index (Phi) is 4.49. The lowest BCUT2D eigenvalue weighted by Gasteiger charge is -2.08. The van der Waals surface area contributed by atoms with Gasteiger partial charge in [-0.15, -0.1) is 5.10 Å². The van der Waals surface area contributed by atoms with E-state index in [1.165, 1.54) is 16.8 Å². The third-order valence-electron chi connectivity index (χ3n) is 2.85. The van der Waals surface area contributed by atoms with Crippen LogP contribution in [0.25, 0.3) is 0 Å². The molecule has 0 unspecified atom stereocenters. The van der Waals surface area contributed by atoms with Gasteiger partial charge in [0.2, 0.25) is 0 Å². The highest BCUT2D eigenvalue weighted by Crippen LogP contribution is 2.20. The first-order chi connectivity index (χ1) is 9.52. The number of benzene rings is 1. The van der Waals surface area contributed by atoms with Gasteiger partial charge in [0.05, 0.1) is 12.2 Å². The molecule has 1 aromatic heterocycles. The van der Waals surface area contributed by atoms with Crippen molar-refractivity contribution in [2.75, 3.05) is 0 Å². The molecule has 0 fully saturated rings. The third-order valence-corrected chi connectivity index (χ3v) is 3.63. The fourth-order valence-corrected chi connectivity index (χ4v) is 2.31. The summed E-state index contributed by atoms with van der Waals surface area (Å²) in [5.41, 5.74) is 1.19. The van der Waals surface area contributed by atoms with E-state index in [4.69, 9.17) is 5.11 Å². The van der Waals surface area contributed by atoms with Gasteiger partial charge in [-0.25, -0.2) is 13.9 Å². The standard InChI is InChI=1S/C13H13BrFN3O2/c1-2-3-11-12(13(19)20)16-17-18(11)7-8-6-9(15)4-5-10(8)14/h4-6H,2-3,7H2,1H3,(H,19,20). The maximum Gasteiger partial charge on any atom is 0.358 e. The lowest BCUT2D eigenvalue weighted by Crippen LogP contribution is -2.10. The summed E-state index contributed by atoms with van der Waals surface area (Å²) in [6, 6.07) is 4.35. The molecule has 106 valence electrons. The molecule has 0 atom stereocenters. The fourth-order valence-electron chi connectivity index (χ4n) is 1.94. The topological polar surface area (TPSA) is 68.0 Å². The van der Waals surface area contributed by atoms with Gasteiger partial charge in [0, 0.05) is 4.47 Å². The van der Waals surface area contributed by atoms with Crippen LogP contribution in [0.2, 0.25) is 0 Å². The molecule has 0 aliphatic rings. The van der Waals surface area contributed by atoms with Crippen molar-refractivity contribution in [3.05, 3.63) is 45.4 Å². The minimum Gasteiger partial charge on any atom is -0.476 e. The molecule has 0 saturated heterocycles. The zero-order chi connectivity index (χ0) is 14.7. The molecular weight excluding hydrogens is 329 g/mol. The van der Waals surface area contributed by atoms with Crippen molar-refractivity contribution in [3.8, 4) is 0 Å². The number of aromatic nitrogens is 3. The molecule has 5 nitrogen and oxygen atoms in total. The lowest BCUT2D eigenvalue weighted by atomic mass is 10.2. The Balaban J connectivity index is 2.38. The highest BCUT2D eigenvalue weighted by Gasteiger charge is 2.18. The number of aromatic carboxylic acids is 1. The highest BCUT2D eigenvalue weighted by molar-refractivity contribution is 9.10. The van der Waals surface area contributed by atoms with Gasteiger partial charge in [0.25, 0.3) is 0 Å². The molecule has 0 radical (unpaired) electrons. The molecule has 0 spiro atoms. The maximum absolute atomic E-state index is 13.3. The van der Waals surface area contributed by atoms with E-state index in [9.17, 15) is 9.18 Å². The average molecular weight is 342 g/mol. The summed E-state index contributed by atoms with van der Waals surface area (Å²) in [5, 5.41) is 16.6. The fraction of sp³-hybridized carbons (Fsp3) is 0.308. The number of carboxylic acid groups (broad SMARTS) is 1. The molecule has 7 heteroatoms. The van der Waals surface area contributed by atoms with Gasteiger partial charge in [-0.1, -0.05) is 34.5 Å². The van der Waals surface area contributed by atoms with Crippen LogP contribution in [0.3, 0.4) is 0 Å². The van der Waals surface area contributed by atoms with Crippen LogP contribution in [0, 0.1) is 5.82 Å². The van der Waals surface area contributed by atoms with E-state index in [0.29, 0.717) is 17.7 Å². The van der Waals surface area contributed by atoms with E-state index in [1.54, 1.807) is 6.07 Å². The molecule has 0 amide bonds. The monoisotopic (exact) mass is 341 g/mol. The molecule has 20 heavy (non-hydrogen) atoms. The zero-order valence-corrected chi connectivity index (χ0v) is 12.4. The van der Waals surface area contributed by atoms with Crippen molar-refractivity contribution in [1.82, 2.24) is 15.0 Å². The molecule has 1 heterocycles. The van der Waals surface area contributed by atoms with E-state index >= 15 is 0 Å². The Bertz CT molecular complexity index is 643. The first-order valence-electron chi connectivity index (χ1n) is 6.12. The van der Waals surface area contributed by atoms with E-state index in [1.807, 2.05) is 6.92 Å². The van der Waals surface area contributed by atoms with Gasteiger partial charge in [-0.05, 0) is 30.2 Å². The molecule has 2 aromatic rings. The van der Waals surface area contributed by atoms with Gasteiger partial charge in [0.15, 0.2) is 5.69 Å². The summed E-state index contributed by atoms with van der Waals surface area (Å²) in [4.78, 5) is 11.1. The quantitative estimate of drug-likeness (QED) is 0.907. The normalized spacial score (nSPS) is 10.8. The van der Waals surface area contributed by atoms with Crippen molar-refractivity contribution >= 4 is 21.9 Å². The predicted molar refractivity (Wildman–Crippen MR) is 74.2 cm³/mol. The van der Waals surface area contributed by atoms with Gasteiger partial charge in [0.1, 0.15) is 5.82 Å². The Morgan fingerprint density at radius 3 is 2.90 bits per heavy atom. The van der Waals surface area contributed by atoms with Crippen molar-refractivity contribution < 1.29 is 14.3 Å². The number of carbonyl (C=O) groups is 1. The Morgan fingerprint density at radius 1 is 1.50 bits per heavy atom. The van der Waals surface area contributed by atoms with Crippen LogP contribution in [0.4, 0.5) is 4.39 Å². The second kappa shape index (κ2) is 6.13. The summed E-state index contributed by atoms with van der Waals surface area (Å²) in [7, 11) is 0. The Hall–Kier alpha value is -1.76. The van der Waals surface area contributed by atoms with Gasteiger partial charge in [-0.3, -0.25) is 0 Å². The Labute approximate surface area is 123 Å². The van der Waals surface area contributed by atoms with Crippen LogP contribution in [0.15, 0.2) is 22.7 Å². The van der Waals surface area contributed by atoms with Crippen molar-refractivity contribution in [2.24, 2.45) is 0 Å². The molecule has 0 aliphatic heterocycles. The highest BCUT2D eigenvalue weighted by atomic mass is 79.9. The van der Waals surface area contributed by atoms with Crippen LogP contribution in [0.5, 0.6) is 0 Å². The molecular formula is C13H13BrFN3O2. The molecule has 2 rings (SSSR count). The van der Waals surface area contributed by atoms with Gasteiger partial charge in [-0.2, -0.15) is 0 Å². The largest absolute Gasteiger partial charge is 0.476 e. The second-order valence-corrected chi connectivity index (χ2v) is 5.19. The van der Waals surface area contributed by atoms with Crippen molar-refractivity contribution in [3.63, 3.8) is 0 Å². The minimum atomic E-state index is -1.10. The smallest absolute Gasteiger partial charge is 0.358 e. The molecule has 0 aliphatic carbocycles. The molecule has 1 aromatic carbocycles. The Morgan fingerprint density at radius 2 is 2.25 bits per heavy atom. The molecule has 1 N–H and O–H groups in total. The van der Waals surface area contributed by atoms with Gasteiger partial charge >= 0.3 is 5.97 Å². The second-order valence-electron chi connectivity index (χ2n) is 4.33. The number of carboxylic acids is 1. The van der Waals surface area contributed by atoms with Gasteiger partial charge < -0.3 is 5.11 Å². The van der Waals surface area contributed by atoms with Crippen LogP contribution < -0.4 is 0 Å². The SMILES string of the molecule is CCCc1c(C(=O)O)nnn1Cc1cc(F)ccc1Br. The number of hydrogen-bond donors (Lipinski definition) is 1. The zero-order valence-electron chi connectivity index (χ0n) is 10.8. The van der Waals surface area contributed by atoms with Crippen LogP contribution >= 0.6 is 15.9 Å². The number of halogens is 2. The summed E-state index contributed by atoms with van der Waals surface area (Å²) in [6.07, 6.45) is 1.33. The van der Waals surface area contributed by atoms with Crippen molar-refractivity contribution in [2.45, 2.75) is 26.3 Å². The van der Waals surface area contributed by atoms with Crippen LogP contribution in [0.1, 0.15) is 35.1 Å². The summed E-state index contributed by atoms with van der Waals surface area (Å²) in [6.45, 7) is 2.22. The number of hydrogen-bond acceptors (Lipinski definition) is 3. The number of nitrogens with zero attached hydrogens (tertiary/aromatic N) is 3.